The number of oxime groups is 1. The normalized spacial score (nSPS) is 18.8. The van der Waals surface area contributed by atoms with E-state index in [0.717, 1.165) is 13.0 Å². The van der Waals surface area contributed by atoms with E-state index in [9.17, 15) is 0 Å². The lowest BCUT2D eigenvalue weighted by Crippen LogP contribution is -2.42. The highest BCUT2D eigenvalue weighted by molar-refractivity contribution is 5.81. The Labute approximate surface area is 110 Å². The van der Waals surface area contributed by atoms with E-state index in [-0.39, 0.29) is 11.4 Å². The average molecular weight is 257 g/mol. The summed E-state index contributed by atoms with van der Waals surface area (Å²) in [5.41, 5.74) is 5.52. The number of amidine groups is 1. The summed E-state index contributed by atoms with van der Waals surface area (Å²) in [6.45, 7) is 5.63. The number of nitrogens with zero attached hydrogens (tertiary/aromatic N) is 2. The molecule has 3 N–H and O–H groups in total. The van der Waals surface area contributed by atoms with Gasteiger partial charge in [0.05, 0.1) is 12.1 Å². The van der Waals surface area contributed by atoms with Crippen molar-refractivity contribution in [3.8, 4) is 0 Å². The van der Waals surface area contributed by atoms with Crippen LogP contribution in [0.4, 0.5) is 0 Å². The van der Waals surface area contributed by atoms with Crippen LogP contribution in [0, 0.1) is 0 Å². The molecule has 1 aliphatic rings. The van der Waals surface area contributed by atoms with Crippen LogP contribution in [-0.2, 0) is 4.74 Å². The molecular weight excluding hydrogens is 230 g/mol. The van der Waals surface area contributed by atoms with E-state index in [0.29, 0.717) is 12.6 Å². The fraction of sp³-hybridized carbons (Fsp3) is 0.923. The fourth-order valence-electron chi connectivity index (χ4n) is 2.41. The number of methoxy groups -OCH3 is 1. The van der Waals surface area contributed by atoms with Gasteiger partial charge in [-0.15, -0.1) is 0 Å². The first-order valence-electron chi connectivity index (χ1n) is 6.74. The van der Waals surface area contributed by atoms with Crippen molar-refractivity contribution >= 4 is 5.84 Å². The molecule has 0 aromatic carbocycles. The molecule has 5 heteroatoms. The average Bonchev–Trinajstić information content (AvgIpc) is 2.87. The zero-order chi connectivity index (χ0) is 13.6. The van der Waals surface area contributed by atoms with E-state index in [1.165, 1.54) is 25.7 Å². The van der Waals surface area contributed by atoms with Crippen LogP contribution in [0.1, 0.15) is 46.0 Å². The van der Waals surface area contributed by atoms with Crippen molar-refractivity contribution in [3.05, 3.63) is 0 Å². The van der Waals surface area contributed by atoms with Crippen LogP contribution in [0.3, 0.4) is 0 Å². The molecule has 0 aromatic rings. The van der Waals surface area contributed by atoms with Gasteiger partial charge in [0.2, 0.25) is 0 Å². The molecule has 5 nitrogen and oxygen atoms in total. The minimum absolute atomic E-state index is 0.123. The third kappa shape index (κ3) is 4.82. The first-order chi connectivity index (χ1) is 8.48. The smallest absolute Gasteiger partial charge is 0.153 e. The SMILES string of the molecule is COC(C)(C)CCN(CC(N)=NO)C1CCCC1. The molecule has 0 aromatic heterocycles. The monoisotopic (exact) mass is 257 g/mol. The molecule has 0 aliphatic heterocycles. The van der Waals surface area contributed by atoms with Gasteiger partial charge in [0.25, 0.3) is 0 Å². The quantitative estimate of drug-likeness (QED) is 0.316. The zero-order valence-corrected chi connectivity index (χ0v) is 11.9. The van der Waals surface area contributed by atoms with Crippen molar-refractivity contribution in [2.45, 2.75) is 57.6 Å². The van der Waals surface area contributed by atoms with Crippen molar-refractivity contribution in [2.24, 2.45) is 10.9 Å². The van der Waals surface area contributed by atoms with Crippen molar-refractivity contribution in [1.82, 2.24) is 4.90 Å². The summed E-state index contributed by atoms with van der Waals surface area (Å²) < 4.78 is 5.44. The van der Waals surface area contributed by atoms with Crippen LogP contribution in [0.2, 0.25) is 0 Å². The van der Waals surface area contributed by atoms with E-state index in [4.69, 9.17) is 15.7 Å². The predicted molar refractivity (Wildman–Crippen MR) is 72.9 cm³/mol. The van der Waals surface area contributed by atoms with Crippen LogP contribution in [0.5, 0.6) is 0 Å². The molecule has 0 bridgehead atoms. The van der Waals surface area contributed by atoms with Gasteiger partial charge in [-0.25, -0.2) is 0 Å². The summed E-state index contributed by atoms with van der Waals surface area (Å²) in [5, 5.41) is 11.8. The Bertz CT molecular complexity index is 273. The molecule has 1 fully saturated rings. The third-order valence-electron chi connectivity index (χ3n) is 3.89. The number of nitrogens with two attached hydrogens (primary N) is 1. The third-order valence-corrected chi connectivity index (χ3v) is 3.89. The van der Waals surface area contributed by atoms with Gasteiger partial charge in [-0.05, 0) is 33.1 Å². The second-order valence-electron chi connectivity index (χ2n) is 5.71. The van der Waals surface area contributed by atoms with E-state index in [1.807, 2.05) is 0 Å². The lowest BCUT2D eigenvalue weighted by Gasteiger charge is -2.32. The molecule has 1 rings (SSSR count). The molecule has 0 unspecified atom stereocenters. The Morgan fingerprint density at radius 2 is 2.06 bits per heavy atom. The van der Waals surface area contributed by atoms with Gasteiger partial charge in [-0.2, -0.15) is 0 Å². The van der Waals surface area contributed by atoms with Gasteiger partial charge in [-0.1, -0.05) is 18.0 Å². The summed E-state index contributed by atoms with van der Waals surface area (Å²) in [6.07, 6.45) is 5.94. The summed E-state index contributed by atoms with van der Waals surface area (Å²) in [4.78, 5) is 2.32. The lowest BCUT2D eigenvalue weighted by molar-refractivity contribution is 0.00547. The summed E-state index contributed by atoms with van der Waals surface area (Å²) in [7, 11) is 1.74. The molecular formula is C13H27N3O2. The molecule has 0 radical (unpaired) electrons. The van der Waals surface area contributed by atoms with Crippen molar-refractivity contribution in [1.29, 1.82) is 0 Å². The highest BCUT2D eigenvalue weighted by Gasteiger charge is 2.25. The molecule has 106 valence electrons. The molecule has 18 heavy (non-hydrogen) atoms. The Balaban J connectivity index is 2.54. The number of hydrogen-bond acceptors (Lipinski definition) is 4. The summed E-state index contributed by atoms with van der Waals surface area (Å²) in [5.74, 6) is 0.289. The van der Waals surface area contributed by atoms with Gasteiger partial charge < -0.3 is 15.7 Å². The molecule has 0 saturated heterocycles. The van der Waals surface area contributed by atoms with E-state index < -0.39 is 0 Å². The number of rotatable bonds is 7. The summed E-state index contributed by atoms with van der Waals surface area (Å²) >= 11 is 0. The second-order valence-corrected chi connectivity index (χ2v) is 5.71. The maximum atomic E-state index is 8.71. The highest BCUT2D eigenvalue weighted by Crippen LogP contribution is 2.24. The van der Waals surface area contributed by atoms with Gasteiger partial charge in [0.1, 0.15) is 0 Å². The molecule has 1 saturated carbocycles. The van der Waals surface area contributed by atoms with Gasteiger partial charge >= 0.3 is 0 Å². The second kappa shape index (κ2) is 6.95. The minimum Gasteiger partial charge on any atom is -0.409 e. The molecule has 0 amide bonds. The van der Waals surface area contributed by atoms with E-state index >= 15 is 0 Å². The van der Waals surface area contributed by atoms with Crippen LogP contribution in [0.25, 0.3) is 0 Å². The van der Waals surface area contributed by atoms with Crippen molar-refractivity contribution in [3.63, 3.8) is 0 Å². The van der Waals surface area contributed by atoms with Gasteiger partial charge in [0, 0.05) is 19.7 Å². The van der Waals surface area contributed by atoms with E-state index in [1.54, 1.807) is 7.11 Å². The first kappa shape index (κ1) is 15.2. The Morgan fingerprint density at radius 3 is 2.56 bits per heavy atom. The Morgan fingerprint density at radius 1 is 1.44 bits per heavy atom. The van der Waals surface area contributed by atoms with Crippen molar-refractivity contribution in [2.75, 3.05) is 20.2 Å². The van der Waals surface area contributed by atoms with Crippen molar-refractivity contribution < 1.29 is 9.94 Å². The Kier molecular flexibility index (Phi) is 5.88. The lowest BCUT2D eigenvalue weighted by atomic mass is 10.0. The zero-order valence-electron chi connectivity index (χ0n) is 11.9. The molecule has 0 spiro atoms. The van der Waals surface area contributed by atoms with E-state index in [2.05, 4.69) is 23.9 Å². The minimum atomic E-state index is -0.123. The number of ether oxygens (including phenoxy) is 1. The van der Waals surface area contributed by atoms with Crippen LogP contribution < -0.4 is 5.73 Å². The van der Waals surface area contributed by atoms with Crippen LogP contribution in [0.15, 0.2) is 5.16 Å². The number of hydrogen-bond donors (Lipinski definition) is 2. The largest absolute Gasteiger partial charge is 0.409 e. The standard InChI is InChI=1S/C13H27N3O2/c1-13(2,18-3)8-9-16(10-12(14)15-17)11-6-4-5-7-11/h11,17H,4-10H2,1-3H3,(H2,14,15). The van der Waals surface area contributed by atoms with Crippen LogP contribution >= 0.6 is 0 Å². The molecule has 0 heterocycles. The topological polar surface area (TPSA) is 71.1 Å². The fourth-order valence-corrected chi connectivity index (χ4v) is 2.41. The molecule has 1 aliphatic carbocycles. The van der Waals surface area contributed by atoms with Gasteiger partial charge in [0.15, 0.2) is 5.84 Å². The Hall–Kier alpha value is -0.810. The first-order valence-corrected chi connectivity index (χ1v) is 6.74. The maximum Gasteiger partial charge on any atom is 0.153 e. The highest BCUT2D eigenvalue weighted by atomic mass is 16.5. The maximum absolute atomic E-state index is 8.71. The summed E-state index contributed by atoms with van der Waals surface area (Å²) in [6, 6.07) is 0.568. The molecule has 0 atom stereocenters. The predicted octanol–water partition coefficient (Wildman–Crippen LogP) is 1.79. The van der Waals surface area contributed by atoms with Gasteiger partial charge in [-0.3, -0.25) is 4.90 Å². The van der Waals surface area contributed by atoms with Crippen LogP contribution in [-0.4, -0.2) is 47.8 Å².